The molecule has 1 fully saturated rings. The van der Waals surface area contributed by atoms with Crippen LogP contribution in [0.25, 0.3) is 38.9 Å². The normalized spacial score (nSPS) is 18.2. The molecule has 3 N–H and O–H groups in total. The van der Waals surface area contributed by atoms with Crippen LogP contribution in [0.2, 0.25) is 0 Å². The van der Waals surface area contributed by atoms with Gasteiger partial charge >= 0.3 is 5.97 Å². The number of carbonyl (C=O) groups is 1. The van der Waals surface area contributed by atoms with Gasteiger partial charge in [0.25, 0.3) is 0 Å². The lowest BCUT2D eigenvalue weighted by Gasteiger charge is -2.25. The van der Waals surface area contributed by atoms with Crippen molar-refractivity contribution in [2.24, 2.45) is 5.92 Å². The third-order valence-electron chi connectivity index (χ3n) is 7.11. The fourth-order valence-corrected chi connectivity index (χ4v) is 5.33. The minimum Gasteiger partial charge on any atom is -0.469 e. The van der Waals surface area contributed by atoms with Crippen molar-refractivity contribution in [2.45, 2.75) is 31.6 Å². The van der Waals surface area contributed by atoms with Crippen LogP contribution in [-0.2, 0) is 9.53 Å². The van der Waals surface area contributed by atoms with Crippen molar-refractivity contribution < 1.29 is 9.53 Å². The summed E-state index contributed by atoms with van der Waals surface area (Å²) in [5.74, 6) is 1.24. The summed E-state index contributed by atoms with van der Waals surface area (Å²) in [5.41, 5.74) is 12.0. The van der Waals surface area contributed by atoms with Crippen LogP contribution in [0.5, 0.6) is 0 Å². The number of nitrogens with one attached hydrogen (secondary N) is 1. The number of nitrogens with two attached hydrogens (primary N) is 1. The summed E-state index contributed by atoms with van der Waals surface area (Å²) in [6.07, 6.45) is 4.69. The smallest absolute Gasteiger partial charge is 0.308 e. The molecule has 6 rings (SSSR count). The number of nitrogen functional groups attached to an aromatic ring is 1. The number of hydrogen-bond acceptors (Lipinski definition) is 6. The minimum absolute atomic E-state index is 0.0493. The Bertz CT molecular complexity index is 1530. The maximum atomic E-state index is 12.0. The summed E-state index contributed by atoms with van der Waals surface area (Å²) in [6.45, 7) is 0. The number of aromatic nitrogens is 5. The summed E-state index contributed by atoms with van der Waals surface area (Å²) in [6, 6.07) is 18.7. The lowest BCUT2D eigenvalue weighted by molar-refractivity contribution is -0.146. The van der Waals surface area contributed by atoms with E-state index in [4.69, 9.17) is 15.5 Å². The first kappa shape index (κ1) is 21.3. The number of methoxy groups -OCH3 is 1. The van der Waals surface area contributed by atoms with Crippen LogP contribution in [0.4, 0.5) is 5.82 Å². The molecule has 35 heavy (non-hydrogen) atoms. The van der Waals surface area contributed by atoms with Gasteiger partial charge in [0.05, 0.1) is 24.2 Å². The van der Waals surface area contributed by atoms with E-state index in [0.717, 1.165) is 64.9 Å². The Balaban J connectivity index is 1.45. The van der Waals surface area contributed by atoms with Crippen molar-refractivity contribution in [2.75, 3.05) is 12.8 Å². The number of hydrogen-bond donors (Lipinski definition) is 2. The molecule has 5 aromatic rings. The quantitative estimate of drug-likeness (QED) is 0.362. The largest absolute Gasteiger partial charge is 0.469 e. The van der Waals surface area contributed by atoms with Gasteiger partial charge in [-0.3, -0.25) is 4.79 Å². The van der Waals surface area contributed by atoms with Gasteiger partial charge in [-0.05, 0) is 37.3 Å². The zero-order chi connectivity index (χ0) is 23.9. The molecule has 1 aliphatic rings. The van der Waals surface area contributed by atoms with Gasteiger partial charge in [0.15, 0.2) is 5.82 Å². The molecular formula is C27H26N6O2. The van der Waals surface area contributed by atoms with Crippen molar-refractivity contribution in [3.05, 3.63) is 66.7 Å². The molecule has 176 valence electrons. The van der Waals surface area contributed by atoms with E-state index < -0.39 is 0 Å². The molecule has 1 saturated carbocycles. The zero-order valence-electron chi connectivity index (χ0n) is 19.4. The second kappa shape index (κ2) is 8.54. The number of ether oxygens (including phenoxy) is 1. The molecular weight excluding hydrogens is 440 g/mol. The van der Waals surface area contributed by atoms with Crippen molar-refractivity contribution in [3.8, 4) is 22.5 Å². The molecule has 0 spiro atoms. The molecule has 0 bridgehead atoms. The van der Waals surface area contributed by atoms with Crippen LogP contribution in [-0.4, -0.2) is 37.6 Å². The first-order chi connectivity index (χ1) is 17.1. The Hall–Kier alpha value is -4.20. The molecule has 8 heteroatoms. The Morgan fingerprint density at radius 3 is 2.66 bits per heavy atom. The zero-order valence-corrected chi connectivity index (χ0v) is 19.4. The number of imidazole rings is 1. The number of rotatable bonds is 4. The van der Waals surface area contributed by atoms with Crippen molar-refractivity contribution in [1.82, 2.24) is 24.6 Å². The van der Waals surface area contributed by atoms with Gasteiger partial charge in [-0.25, -0.2) is 14.5 Å². The van der Waals surface area contributed by atoms with Gasteiger partial charge in [0.2, 0.25) is 0 Å². The summed E-state index contributed by atoms with van der Waals surface area (Å²) < 4.78 is 6.77. The predicted octanol–water partition coefficient (Wildman–Crippen LogP) is 4.97. The second-order valence-electron chi connectivity index (χ2n) is 9.11. The first-order valence-electron chi connectivity index (χ1n) is 11.9. The van der Waals surface area contributed by atoms with Gasteiger partial charge in [-0.1, -0.05) is 48.5 Å². The lowest BCUT2D eigenvalue weighted by atomic mass is 9.81. The van der Waals surface area contributed by atoms with E-state index in [1.54, 1.807) is 0 Å². The molecule has 0 unspecified atom stereocenters. The fraction of sp³-hybridized carbons (Fsp3) is 0.259. The molecule has 1 aliphatic carbocycles. The predicted molar refractivity (Wildman–Crippen MR) is 135 cm³/mol. The lowest BCUT2D eigenvalue weighted by Crippen LogP contribution is -2.23. The number of para-hydroxylation sites is 1. The van der Waals surface area contributed by atoms with E-state index in [-0.39, 0.29) is 17.8 Å². The Kier molecular flexibility index (Phi) is 5.21. The SMILES string of the molecule is COC(=O)C1CCC(c2nc(-c3cc4cccc(-c5ccccc5)c4[nH]3)c3c(N)ncnn23)CC1. The van der Waals surface area contributed by atoms with Gasteiger partial charge in [-0.2, -0.15) is 5.10 Å². The van der Waals surface area contributed by atoms with Gasteiger partial charge in [0, 0.05) is 16.9 Å². The van der Waals surface area contributed by atoms with Gasteiger partial charge < -0.3 is 15.5 Å². The Morgan fingerprint density at radius 2 is 1.89 bits per heavy atom. The Labute approximate surface area is 202 Å². The highest BCUT2D eigenvalue weighted by atomic mass is 16.5. The van der Waals surface area contributed by atoms with Crippen LogP contribution < -0.4 is 5.73 Å². The first-order valence-corrected chi connectivity index (χ1v) is 11.9. The minimum atomic E-state index is -0.129. The van der Waals surface area contributed by atoms with Crippen LogP contribution in [0, 0.1) is 5.92 Å². The maximum Gasteiger partial charge on any atom is 0.308 e. The van der Waals surface area contributed by atoms with E-state index in [2.05, 4.69) is 51.5 Å². The highest BCUT2D eigenvalue weighted by Crippen LogP contribution is 2.39. The van der Waals surface area contributed by atoms with E-state index in [1.165, 1.54) is 13.4 Å². The average Bonchev–Trinajstić information content (AvgIpc) is 3.51. The summed E-state index contributed by atoms with van der Waals surface area (Å²) in [7, 11) is 1.45. The summed E-state index contributed by atoms with van der Waals surface area (Å²) in [5, 5.41) is 5.61. The van der Waals surface area contributed by atoms with E-state index in [1.807, 2.05) is 22.7 Å². The van der Waals surface area contributed by atoms with Crippen molar-refractivity contribution >= 4 is 28.2 Å². The molecule has 0 radical (unpaired) electrons. The number of H-pyrrole nitrogens is 1. The molecule has 0 amide bonds. The second-order valence-corrected chi connectivity index (χ2v) is 9.11. The highest BCUT2D eigenvalue weighted by Gasteiger charge is 2.31. The molecule has 3 aromatic heterocycles. The van der Waals surface area contributed by atoms with Gasteiger partial charge in [-0.15, -0.1) is 0 Å². The monoisotopic (exact) mass is 466 g/mol. The Morgan fingerprint density at radius 1 is 1.09 bits per heavy atom. The number of carbonyl (C=O) groups excluding carboxylic acids is 1. The average molecular weight is 467 g/mol. The summed E-state index contributed by atoms with van der Waals surface area (Å²) >= 11 is 0. The number of benzene rings is 2. The van der Waals surface area contributed by atoms with Crippen LogP contribution in [0.1, 0.15) is 37.4 Å². The third kappa shape index (κ3) is 3.62. The number of nitrogens with zero attached hydrogens (tertiary/aromatic N) is 4. The number of fused-ring (bicyclic) bond motifs is 2. The third-order valence-corrected chi connectivity index (χ3v) is 7.11. The topological polar surface area (TPSA) is 111 Å². The standard InChI is InChI=1S/C27H26N6O2/c1-35-27(34)18-12-10-17(11-13-18)26-32-23(24-25(28)29-15-30-33(24)26)21-14-19-8-5-9-20(22(19)31-21)16-6-3-2-4-7-16/h2-9,14-15,17-18,31H,10-13H2,1H3,(H2,28,29,30). The van der Waals surface area contributed by atoms with Crippen LogP contribution in [0.3, 0.4) is 0 Å². The molecule has 3 heterocycles. The number of esters is 1. The van der Waals surface area contributed by atoms with Crippen LogP contribution in [0.15, 0.2) is 60.9 Å². The maximum absolute atomic E-state index is 12.0. The molecule has 0 saturated heterocycles. The molecule has 8 nitrogen and oxygen atoms in total. The van der Waals surface area contributed by atoms with Gasteiger partial charge in [0.1, 0.15) is 23.4 Å². The van der Waals surface area contributed by atoms with E-state index >= 15 is 0 Å². The number of aromatic amines is 1. The molecule has 0 atom stereocenters. The number of anilines is 1. The summed E-state index contributed by atoms with van der Waals surface area (Å²) in [4.78, 5) is 24.9. The van der Waals surface area contributed by atoms with E-state index in [9.17, 15) is 4.79 Å². The van der Waals surface area contributed by atoms with E-state index in [0.29, 0.717) is 11.3 Å². The highest BCUT2D eigenvalue weighted by molar-refractivity contribution is 5.98. The van der Waals surface area contributed by atoms with Crippen molar-refractivity contribution in [1.29, 1.82) is 0 Å². The van der Waals surface area contributed by atoms with Crippen molar-refractivity contribution in [3.63, 3.8) is 0 Å². The molecule has 0 aliphatic heterocycles. The fourth-order valence-electron chi connectivity index (χ4n) is 5.33. The molecule has 2 aromatic carbocycles. The van der Waals surface area contributed by atoms with Crippen LogP contribution >= 0.6 is 0 Å².